The van der Waals surface area contributed by atoms with Crippen molar-refractivity contribution in [1.82, 2.24) is 4.90 Å². The Morgan fingerprint density at radius 2 is 2.11 bits per heavy atom. The van der Waals surface area contributed by atoms with E-state index in [2.05, 4.69) is 13.8 Å². The molecule has 0 spiro atoms. The van der Waals surface area contributed by atoms with Crippen LogP contribution in [0.3, 0.4) is 0 Å². The predicted octanol–water partition coefficient (Wildman–Crippen LogP) is 1.58. The minimum atomic E-state index is -0.246. The first kappa shape index (κ1) is 12.4. The smallest absolute Gasteiger partial charge is 0.223 e. The molecule has 2 saturated heterocycles. The van der Waals surface area contributed by atoms with Crippen LogP contribution in [-0.2, 0) is 14.3 Å². The van der Waals surface area contributed by atoms with Gasteiger partial charge in [0.1, 0.15) is 6.10 Å². The molecular weight excluding hydrogens is 230 g/mol. The molecule has 3 aliphatic rings. The van der Waals surface area contributed by atoms with E-state index in [0.29, 0.717) is 31.6 Å². The quantitative estimate of drug-likeness (QED) is 0.750. The Bertz CT molecular complexity index is 338. The zero-order valence-corrected chi connectivity index (χ0v) is 11.4. The SMILES string of the molecule is CC1(C)CN(C(=O)CC2CCC2)[C@@H]2COC[C@H]2O1. The van der Waals surface area contributed by atoms with Gasteiger partial charge in [0.05, 0.1) is 24.9 Å². The highest BCUT2D eigenvalue weighted by Gasteiger charge is 2.46. The van der Waals surface area contributed by atoms with Crippen molar-refractivity contribution in [2.24, 2.45) is 5.92 Å². The second-order valence-corrected chi connectivity index (χ2v) is 6.54. The van der Waals surface area contributed by atoms with Crippen LogP contribution in [0, 0.1) is 5.92 Å². The fourth-order valence-corrected chi connectivity index (χ4v) is 3.24. The lowest BCUT2D eigenvalue weighted by atomic mass is 9.82. The molecule has 1 aliphatic carbocycles. The van der Waals surface area contributed by atoms with Gasteiger partial charge >= 0.3 is 0 Å². The molecule has 3 rings (SSSR count). The van der Waals surface area contributed by atoms with Gasteiger partial charge in [0.25, 0.3) is 0 Å². The van der Waals surface area contributed by atoms with Gasteiger partial charge in [0.15, 0.2) is 0 Å². The number of hydrogen-bond donors (Lipinski definition) is 0. The average Bonchev–Trinajstić information content (AvgIpc) is 2.68. The topological polar surface area (TPSA) is 38.8 Å². The van der Waals surface area contributed by atoms with Crippen molar-refractivity contribution in [3.8, 4) is 0 Å². The summed E-state index contributed by atoms with van der Waals surface area (Å²) in [6.07, 6.45) is 4.54. The molecule has 18 heavy (non-hydrogen) atoms. The number of fused-ring (bicyclic) bond motifs is 1. The molecule has 1 saturated carbocycles. The van der Waals surface area contributed by atoms with Crippen molar-refractivity contribution in [1.29, 1.82) is 0 Å². The maximum atomic E-state index is 12.4. The molecule has 0 aromatic heterocycles. The van der Waals surface area contributed by atoms with Crippen LogP contribution in [0.2, 0.25) is 0 Å². The first-order valence-electron chi connectivity index (χ1n) is 7.10. The van der Waals surface area contributed by atoms with Crippen LogP contribution in [0.25, 0.3) is 0 Å². The summed E-state index contributed by atoms with van der Waals surface area (Å²) in [4.78, 5) is 14.5. The normalized spacial score (nSPS) is 35.1. The number of amides is 1. The third-order valence-corrected chi connectivity index (χ3v) is 4.43. The van der Waals surface area contributed by atoms with Gasteiger partial charge in [-0.1, -0.05) is 6.42 Å². The third-order valence-electron chi connectivity index (χ3n) is 4.43. The van der Waals surface area contributed by atoms with Crippen molar-refractivity contribution in [2.75, 3.05) is 19.8 Å². The van der Waals surface area contributed by atoms with Gasteiger partial charge in [-0.3, -0.25) is 4.79 Å². The standard InChI is InChI=1S/C14H23NO3/c1-14(2)9-15(11-7-17-8-12(11)18-14)13(16)6-10-4-3-5-10/h10-12H,3-9H2,1-2H3/t11-,12-/m1/s1. The summed E-state index contributed by atoms with van der Waals surface area (Å²) in [5.41, 5.74) is -0.246. The first-order chi connectivity index (χ1) is 8.55. The molecule has 4 heteroatoms. The highest BCUT2D eigenvalue weighted by molar-refractivity contribution is 5.77. The highest BCUT2D eigenvalue weighted by Crippen LogP contribution is 2.33. The summed E-state index contributed by atoms with van der Waals surface area (Å²) >= 11 is 0. The van der Waals surface area contributed by atoms with Gasteiger partial charge < -0.3 is 14.4 Å². The first-order valence-corrected chi connectivity index (χ1v) is 7.10. The summed E-state index contributed by atoms with van der Waals surface area (Å²) < 4.78 is 11.5. The van der Waals surface area contributed by atoms with Gasteiger partial charge in [0.2, 0.25) is 5.91 Å². The predicted molar refractivity (Wildman–Crippen MR) is 67.2 cm³/mol. The van der Waals surface area contributed by atoms with Crippen molar-refractivity contribution < 1.29 is 14.3 Å². The molecule has 102 valence electrons. The molecule has 2 heterocycles. The van der Waals surface area contributed by atoms with E-state index in [0.717, 1.165) is 6.42 Å². The zero-order chi connectivity index (χ0) is 12.8. The van der Waals surface area contributed by atoms with Gasteiger partial charge in [-0.25, -0.2) is 0 Å². The molecule has 0 N–H and O–H groups in total. The fraction of sp³-hybridized carbons (Fsp3) is 0.929. The van der Waals surface area contributed by atoms with E-state index in [1.54, 1.807) is 0 Å². The van der Waals surface area contributed by atoms with Gasteiger partial charge in [0, 0.05) is 13.0 Å². The Balaban J connectivity index is 1.69. The van der Waals surface area contributed by atoms with Gasteiger partial charge in [-0.15, -0.1) is 0 Å². The van der Waals surface area contributed by atoms with E-state index < -0.39 is 0 Å². The number of carbonyl (C=O) groups is 1. The van der Waals surface area contributed by atoms with E-state index in [-0.39, 0.29) is 17.7 Å². The summed E-state index contributed by atoms with van der Waals surface area (Å²) in [5, 5.41) is 0. The lowest BCUT2D eigenvalue weighted by Gasteiger charge is -2.45. The molecule has 0 aromatic rings. The lowest BCUT2D eigenvalue weighted by molar-refractivity contribution is -0.170. The monoisotopic (exact) mass is 253 g/mol. The minimum absolute atomic E-state index is 0.0686. The molecule has 0 aromatic carbocycles. The summed E-state index contributed by atoms with van der Waals surface area (Å²) in [6, 6.07) is 0.144. The van der Waals surface area contributed by atoms with Crippen LogP contribution < -0.4 is 0 Å². The molecule has 0 unspecified atom stereocenters. The highest BCUT2D eigenvalue weighted by atomic mass is 16.6. The number of nitrogens with zero attached hydrogens (tertiary/aromatic N) is 1. The van der Waals surface area contributed by atoms with E-state index in [1.165, 1.54) is 19.3 Å². The zero-order valence-electron chi connectivity index (χ0n) is 11.4. The van der Waals surface area contributed by atoms with Crippen molar-refractivity contribution in [2.45, 2.75) is 57.3 Å². The minimum Gasteiger partial charge on any atom is -0.376 e. The Labute approximate surface area is 109 Å². The van der Waals surface area contributed by atoms with Crippen LogP contribution in [0.5, 0.6) is 0 Å². The molecule has 4 nitrogen and oxygen atoms in total. The fourth-order valence-electron chi connectivity index (χ4n) is 3.24. The molecule has 0 radical (unpaired) electrons. The van der Waals surface area contributed by atoms with Crippen molar-refractivity contribution in [3.05, 3.63) is 0 Å². The molecule has 1 amide bonds. The molecule has 2 aliphatic heterocycles. The molecular formula is C14H23NO3. The van der Waals surface area contributed by atoms with Crippen LogP contribution in [-0.4, -0.2) is 48.3 Å². The van der Waals surface area contributed by atoms with Crippen LogP contribution in [0.1, 0.15) is 39.5 Å². The Morgan fingerprint density at radius 1 is 1.33 bits per heavy atom. The number of carbonyl (C=O) groups excluding carboxylic acids is 1. The van der Waals surface area contributed by atoms with E-state index >= 15 is 0 Å². The second-order valence-electron chi connectivity index (χ2n) is 6.54. The number of morpholine rings is 1. The van der Waals surface area contributed by atoms with Crippen molar-refractivity contribution >= 4 is 5.91 Å². The average molecular weight is 253 g/mol. The number of hydrogen-bond acceptors (Lipinski definition) is 3. The van der Waals surface area contributed by atoms with Gasteiger partial charge in [-0.2, -0.15) is 0 Å². The van der Waals surface area contributed by atoms with Crippen LogP contribution in [0.15, 0.2) is 0 Å². The van der Waals surface area contributed by atoms with E-state index in [9.17, 15) is 4.79 Å². The third kappa shape index (κ3) is 2.28. The van der Waals surface area contributed by atoms with Crippen molar-refractivity contribution in [3.63, 3.8) is 0 Å². The lowest BCUT2D eigenvalue weighted by Crippen LogP contribution is -2.60. The molecule has 2 atom stereocenters. The maximum Gasteiger partial charge on any atom is 0.223 e. The largest absolute Gasteiger partial charge is 0.376 e. The Morgan fingerprint density at radius 3 is 2.78 bits per heavy atom. The summed E-state index contributed by atoms with van der Waals surface area (Å²) in [6.45, 7) is 6.08. The van der Waals surface area contributed by atoms with Crippen LogP contribution in [0.4, 0.5) is 0 Å². The molecule has 0 bridgehead atoms. The van der Waals surface area contributed by atoms with E-state index in [4.69, 9.17) is 9.47 Å². The molecule has 3 fully saturated rings. The van der Waals surface area contributed by atoms with Gasteiger partial charge in [-0.05, 0) is 32.6 Å². The Kier molecular flexibility index (Phi) is 3.10. The number of ether oxygens (including phenoxy) is 2. The summed E-state index contributed by atoms with van der Waals surface area (Å²) in [7, 11) is 0. The maximum absolute atomic E-state index is 12.4. The van der Waals surface area contributed by atoms with Crippen LogP contribution >= 0.6 is 0 Å². The Hall–Kier alpha value is -0.610. The second kappa shape index (κ2) is 4.49. The van der Waals surface area contributed by atoms with E-state index in [1.807, 2.05) is 4.90 Å². The number of rotatable bonds is 2. The summed E-state index contributed by atoms with van der Waals surface area (Å²) in [5.74, 6) is 0.931.